The molecule has 5 heteroatoms. The third-order valence-electron chi connectivity index (χ3n) is 4.10. The summed E-state index contributed by atoms with van der Waals surface area (Å²) in [6.07, 6.45) is 8.00. The Labute approximate surface area is 154 Å². The highest BCUT2D eigenvalue weighted by atomic mass is 16.4. The van der Waals surface area contributed by atoms with Crippen LogP contribution in [0.25, 0.3) is 33.4 Å². The van der Waals surface area contributed by atoms with Crippen LogP contribution in [0.5, 0.6) is 5.75 Å². The fourth-order valence-electron chi connectivity index (χ4n) is 3.04. The first-order chi connectivity index (χ1) is 13.0. The van der Waals surface area contributed by atoms with Crippen molar-refractivity contribution in [2.75, 3.05) is 0 Å². The van der Waals surface area contributed by atoms with E-state index >= 15 is 0 Å². The zero-order valence-electron chi connectivity index (χ0n) is 14.0. The number of aromatic hydroxyl groups is 1. The zero-order chi connectivity index (χ0) is 19.6. The number of carboxylic acids is 1. The summed E-state index contributed by atoms with van der Waals surface area (Å²) in [7, 11) is 0. The van der Waals surface area contributed by atoms with Gasteiger partial charge in [0.1, 0.15) is 17.1 Å². The van der Waals surface area contributed by atoms with E-state index in [1.807, 2.05) is 0 Å². The van der Waals surface area contributed by atoms with Crippen LogP contribution >= 0.6 is 0 Å². The minimum Gasteiger partial charge on any atom is -0.508 e. The monoisotopic (exact) mass is 358 g/mol. The molecule has 5 nitrogen and oxygen atoms in total. The number of carboxylic acid groups (broad SMARTS) is 1. The molecule has 0 unspecified atom stereocenters. The Morgan fingerprint density at radius 3 is 2.41 bits per heavy atom. The summed E-state index contributed by atoms with van der Waals surface area (Å²) >= 11 is 0. The van der Waals surface area contributed by atoms with Crippen LogP contribution in [0.4, 0.5) is 0 Å². The number of hydrogen-bond donors (Lipinski definition) is 2. The van der Waals surface area contributed by atoms with E-state index in [4.69, 9.17) is 4.42 Å². The highest BCUT2D eigenvalue weighted by molar-refractivity contribution is 6.07. The molecule has 0 saturated heterocycles. The van der Waals surface area contributed by atoms with Crippen molar-refractivity contribution in [1.29, 1.82) is 0 Å². The summed E-state index contributed by atoms with van der Waals surface area (Å²) in [6.45, 7) is 0. The third-order valence-corrected chi connectivity index (χ3v) is 4.10. The van der Waals surface area contributed by atoms with Crippen LogP contribution in [0, 0.1) is 12.8 Å². The maximum Gasteiger partial charge on any atom is 0.336 e. The maximum absolute atomic E-state index is 11.7. The zero-order valence-corrected chi connectivity index (χ0v) is 14.0. The summed E-state index contributed by atoms with van der Waals surface area (Å²) in [5.74, 6) is -0.691. The summed E-state index contributed by atoms with van der Waals surface area (Å²) in [5, 5.41) is 19.9. The second kappa shape index (κ2) is 7.06. The Bertz CT molecular complexity index is 1200. The van der Waals surface area contributed by atoms with Crippen LogP contribution in [0.2, 0.25) is 0 Å². The fraction of sp³-hybridized carbons (Fsp3) is 0. The first-order valence-corrected chi connectivity index (χ1v) is 7.90. The summed E-state index contributed by atoms with van der Waals surface area (Å²) in [4.78, 5) is 23.4. The summed E-state index contributed by atoms with van der Waals surface area (Å²) in [6, 6.07) is 15.7. The van der Waals surface area contributed by atoms with Gasteiger partial charge in [-0.2, -0.15) is 0 Å². The molecule has 0 amide bonds. The lowest BCUT2D eigenvalue weighted by Crippen LogP contribution is -2.03. The summed E-state index contributed by atoms with van der Waals surface area (Å²) < 4.78 is 5.76. The van der Waals surface area contributed by atoms with Crippen LogP contribution in [0.15, 0.2) is 69.9 Å². The van der Waals surface area contributed by atoms with Crippen molar-refractivity contribution < 1.29 is 19.4 Å². The van der Waals surface area contributed by atoms with Crippen molar-refractivity contribution in [2.45, 2.75) is 0 Å². The van der Waals surface area contributed by atoms with E-state index in [9.17, 15) is 19.8 Å². The predicted octanol–water partition coefficient (Wildman–Crippen LogP) is 4.22. The molecular weight excluding hydrogens is 344 g/mol. The number of phenolic OH excluding ortho intramolecular Hbond substituents is 1. The number of fused-ring (bicyclic) bond motifs is 2. The SMILES string of the molecule is C#C.O=C(O)c1ccccc1-c1c2ccc(=O)cc-2oc2cc(O)ccc12. The first kappa shape index (κ1) is 17.8. The Morgan fingerprint density at radius 2 is 1.67 bits per heavy atom. The molecule has 1 aliphatic carbocycles. The number of terminal acetylenes is 1. The van der Waals surface area contributed by atoms with Crippen molar-refractivity contribution in [3.8, 4) is 41.0 Å². The smallest absolute Gasteiger partial charge is 0.336 e. The molecule has 132 valence electrons. The van der Waals surface area contributed by atoms with Gasteiger partial charge in [0.25, 0.3) is 0 Å². The van der Waals surface area contributed by atoms with Crippen LogP contribution < -0.4 is 5.43 Å². The Morgan fingerprint density at radius 1 is 0.926 bits per heavy atom. The normalized spacial score (nSPS) is 10.3. The minimum absolute atomic E-state index is 0.0198. The molecular formula is C22H14O5. The lowest BCUT2D eigenvalue weighted by molar-refractivity contribution is 0.0697. The molecule has 1 aliphatic heterocycles. The maximum atomic E-state index is 11.7. The van der Waals surface area contributed by atoms with Crippen LogP contribution in [-0.2, 0) is 0 Å². The van der Waals surface area contributed by atoms with Crippen LogP contribution in [-0.4, -0.2) is 16.2 Å². The van der Waals surface area contributed by atoms with Crippen LogP contribution in [0.1, 0.15) is 10.4 Å². The van der Waals surface area contributed by atoms with Gasteiger partial charge in [0.2, 0.25) is 0 Å². The Hall–Kier alpha value is -4.04. The topological polar surface area (TPSA) is 87.7 Å². The molecule has 2 aromatic carbocycles. The molecule has 27 heavy (non-hydrogen) atoms. The number of carbonyl (C=O) groups is 1. The van der Waals surface area contributed by atoms with E-state index in [0.717, 1.165) is 0 Å². The van der Waals surface area contributed by atoms with E-state index in [1.165, 1.54) is 30.3 Å². The number of phenols is 1. The van der Waals surface area contributed by atoms with E-state index in [2.05, 4.69) is 12.8 Å². The van der Waals surface area contributed by atoms with Gasteiger partial charge in [0, 0.05) is 28.6 Å². The number of aromatic carboxylic acids is 1. The van der Waals surface area contributed by atoms with E-state index in [1.54, 1.807) is 30.3 Å². The van der Waals surface area contributed by atoms with Gasteiger partial charge in [0.05, 0.1) is 5.56 Å². The van der Waals surface area contributed by atoms with Gasteiger partial charge in [0.15, 0.2) is 5.43 Å². The predicted molar refractivity (Wildman–Crippen MR) is 103 cm³/mol. The first-order valence-electron chi connectivity index (χ1n) is 7.90. The third kappa shape index (κ3) is 3.12. The Balaban J connectivity index is 0.00000102. The molecule has 2 N–H and O–H groups in total. The molecule has 1 heterocycles. The lowest BCUT2D eigenvalue weighted by atomic mass is 9.91. The fourth-order valence-corrected chi connectivity index (χ4v) is 3.04. The molecule has 0 fully saturated rings. The average molecular weight is 358 g/mol. The van der Waals surface area contributed by atoms with Crippen LogP contribution in [0.3, 0.4) is 0 Å². The standard InChI is InChI=1S/C20H12O5.C2H2/c21-11-5-7-15-17(9-11)25-18-10-12(22)6-8-16(18)19(15)13-3-1-2-4-14(13)20(23)24;1-2/h1-10,21H,(H,23,24);1-2H. The van der Waals surface area contributed by atoms with Gasteiger partial charge in [-0.05, 0) is 35.9 Å². The van der Waals surface area contributed by atoms with Gasteiger partial charge in [-0.15, -0.1) is 12.8 Å². The molecule has 4 rings (SSSR count). The number of benzene rings is 3. The van der Waals surface area contributed by atoms with E-state index < -0.39 is 5.97 Å². The summed E-state index contributed by atoms with van der Waals surface area (Å²) in [5.41, 5.74) is 2.10. The molecule has 0 bridgehead atoms. The van der Waals surface area contributed by atoms with Crippen molar-refractivity contribution >= 4 is 16.9 Å². The molecule has 0 atom stereocenters. The van der Waals surface area contributed by atoms with Crippen molar-refractivity contribution in [3.63, 3.8) is 0 Å². The second-order valence-corrected chi connectivity index (χ2v) is 5.67. The van der Waals surface area contributed by atoms with Gasteiger partial charge >= 0.3 is 5.97 Å². The lowest BCUT2D eigenvalue weighted by Gasteiger charge is -2.16. The van der Waals surface area contributed by atoms with Gasteiger partial charge < -0.3 is 14.6 Å². The van der Waals surface area contributed by atoms with E-state index in [-0.39, 0.29) is 16.7 Å². The van der Waals surface area contributed by atoms with Gasteiger partial charge in [-0.25, -0.2) is 4.79 Å². The van der Waals surface area contributed by atoms with Crippen molar-refractivity contribution in [3.05, 3.63) is 76.5 Å². The highest BCUT2D eigenvalue weighted by Gasteiger charge is 2.21. The Kier molecular flexibility index (Phi) is 4.65. The van der Waals surface area contributed by atoms with Gasteiger partial charge in [-0.3, -0.25) is 4.79 Å². The molecule has 2 aliphatic rings. The molecule has 2 aromatic rings. The second-order valence-electron chi connectivity index (χ2n) is 5.67. The van der Waals surface area contributed by atoms with E-state index in [0.29, 0.717) is 33.4 Å². The quantitative estimate of drug-likeness (QED) is 0.414. The molecule has 0 spiro atoms. The average Bonchev–Trinajstić information content (AvgIpc) is 2.67. The minimum atomic E-state index is -1.04. The van der Waals surface area contributed by atoms with Crippen molar-refractivity contribution in [1.82, 2.24) is 0 Å². The van der Waals surface area contributed by atoms with Gasteiger partial charge in [-0.1, -0.05) is 18.2 Å². The highest BCUT2D eigenvalue weighted by Crippen LogP contribution is 2.41. The number of rotatable bonds is 2. The van der Waals surface area contributed by atoms with Crippen molar-refractivity contribution in [2.24, 2.45) is 0 Å². The molecule has 0 saturated carbocycles. The molecule has 0 aromatic heterocycles. The largest absolute Gasteiger partial charge is 0.508 e. The molecule has 0 radical (unpaired) electrons. The number of hydrogen-bond acceptors (Lipinski definition) is 4.